The minimum Gasteiger partial charge on any atom is -0.351 e. The number of hydrogen-bond donors (Lipinski definition) is 0. The summed E-state index contributed by atoms with van der Waals surface area (Å²) in [5.41, 5.74) is 1.08. The average molecular weight is 398 g/mol. The third-order valence-electron chi connectivity index (χ3n) is 3.01. The minimum atomic E-state index is -0.416. The number of halogens is 1. The summed E-state index contributed by atoms with van der Waals surface area (Å²) in [5.74, 6) is 0.682. The second-order valence-corrected chi connectivity index (χ2v) is 7.35. The van der Waals surface area contributed by atoms with Gasteiger partial charge in [0, 0.05) is 22.8 Å². The molecule has 3 aromatic rings. The first-order valence-electron chi connectivity index (χ1n) is 6.46. The highest BCUT2D eigenvalue weighted by Gasteiger charge is 2.11. The molecule has 3 rings (SSSR count). The number of aryl methyl sites for hydroxylation is 1. The largest absolute Gasteiger partial charge is 0.351 e. The van der Waals surface area contributed by atoms with E-state index in [0.29, 0.717) is 4.80 Å². The van der Waals surface area contributed by atoms with Crippen LogP contribution in [0.1, 0.15) is 10.6 Å². The standard InChI is InChI=1S/C14H12BrN3O2S2/c1-21-7-6-18-10-3-2-9(15)8-12(10)22-14(18)17-13(19)11-4-5-16-20-11/h2-5,8H,6-7H2,1H3. The van der Waals surface area contributed by atoms with Gasteiger partial charge in [-0.15, -0.1) is 0 Å². The van der Waals surface area contributed by atoms with Gasteiger partial charge in [-0.2, -0.15) is 16.8 Å². The van der Waals surface area contributed by atoms with Crippen LogP contribution in [0.3, 0.4) is 0 Å². The van der Waals surface area contributed by atoms with E-state index in [1.165, 1.54) is 23.6 Å². The van der Waals surface area contributed by atoms with Gasteiger partial charge in [-0.25, -0.2) is 0 Å². The zero-order valence-electron chi connectivity index (χ0n) is 11.7. The van der Waals surface area contributed by atoms with Crippen LogP contribution >= 0.6 is 39.0 Å². The molecule has 0 aliphatic carbocycles. The fraction of sp³-hybridized carbons (Fsp3) is 0.214. The van der Waals surface area contributed by atoms with Gasteiger partial charge < -0.3 is 9.09 Å². The topological polar surface area (TPSA) is 60.4 Å². The lowest BCUT2D eigenvalue weighted by Gasteiger charge is -2.03. The number of hydrogen-bond acceptors (Lipinski definition) is 5. The Kier molecular flexibility index (Phi) is 4.80. The normalized spacial score (nSPS) is 12.2. The van der Waals surface area contributed by atoms with Crippen molar-refractivity contribution in [2.45, 2.75) is 6.54 Å². The number of thiazole rings is 1. The predicted octanol–water partition coefficient (Wildman–Crippen LogP) is 3.56. The fourth-order valence-corrected chi connectivity index (χ4v) is 3.97. The van der Waals surface area contributed by atoms with Crippen molar-refractivity contribution in [3.63, 3.8) is 0 Å². The van der Waals surface area contributed by atoms with Crippen molar-refractivity contribution in [2.24, 2.45) is 4.99 Å². The molecule has 2 heterocycles. The molecule has 0 aliphatic rings. The summed E-state index contributed by atoms with van der Waals surface area (Å²) < 4.78 is 9.03. The molecule has 2 aromatic heterocycles. The summed E-state index contributed by atoms with van der Waals surface area (Å²) in [5, 5.41) is 3.54. The smallest absolute Gasteiger partial charge is 0.318 e. The summed E-state index contributed by atoms with van der Waals surface area (Å²) in [7, 11) is 0. The molecule has 0 unspecified atom stereocenters. The van der Waals surface area contributed by atoms with Gasteiger partial charge in [-0.3, -0.25) is 4.79 Å². The molecule has 0 bridgehead atoms. The minimum absolute atomic E-state index is 0.148. The lowest BCUT2D eigenvalue weighted by molar-refractivity contribution is 0.0962. The number of carbonyl (C=O) groups is 1. The Balaban J connectivity index is 2.12. The van der Waals surface area contributed by atoms with Crippen LogP contribution < -0.4 is 4.80 Å². The van der Waals surface area contributed by atoms with Gasteiger partial charge in [0.05, 0.1) is 16.4 Å². The number of aromatic nitrogens is 2. The van der Waals surface area contributed by atoms with Crippen LogP contribution in [0.25, 0.3) is 10.2 Å². The molecular weight excluding hydrogens is 386 g/mol. The van der Waals surface area contributed by atoms with Gasteiger partial charge >= 0.3 is 5.91 Å². The molecule has 0 N–H and O–H groups in total. The highest BCUT2D eigenvalue weighted by Crippen LogP contribution is 2.22. The van der Waals surface area contributed by atoms with E-state index in [4.69, 9.17) is 4.52 Å². The molecule has 114 valence electrons. The average Bonchev–Trinajstić information content (AvgIpc) is 3.12. The maximum absolute atomic E-state index is 12.1. The van der Waals surface area contributed by atoms with Crippen LogP contribution in [0, 0.1) is 0 Å². The molecule has 8 heteroatoms. The summed E-state index contributed by atoms with van der Waals surface area (Å²) in [4.78, 5) is 17.0. The second-order valence-electron chi connectivity index (χ2n) is 4.43. The Hall–Kier alpha value is -1.38. The summed E-state index contributed by atoms with van der Waals surface area (Å²) >= 11 is 6.72. The number of carbonyl (C=O) groups excluding carboxylic acids is 1. The molecule has 0 fully saturated rings. The molecule has 22 heavy (non-hydrogen) atoms. The molecule has 0 saturated carbocycles. The zero-order valence-corrected chi connectivity index (χ0v) is 14.9. The van der Waals surface area contributed by atoms with E-state index in [-0.39, 0.29) is 5.76 Å². The number of amides is 1. The summed E-state index contributed by atoms with van der Waals surface area (Å²) in [6.07, 6.45) is 3.49. The van der Waals surface area contributed by atoms with Crippen LogP contribution in [0.15, 0.2) is 44.5 Å². The summed E-state index contributed by atoms with van der Waals surface area (Å²) in [6, 6.07) is 7.58. The van der Waals surface area contributed by atoms with Gasteiger partial charge in [0.25, 0.3) is 0 Å². The molecule has 0 radical (unpaired) electrons. The van der Waals surface area contributed by atoms with Gasteiger partial charge in [0.1, 0.15) is 0 Å². The number of fused-ring (bicyclic) bond motifs is 1. The third-order valence-corrected chi connectivity index (χ3v) is 5.13. The van der Waals surface area contributed by atoms with E-state index in [1.807, 2.05) is 18.2 Å². The van der Waals surface area contributed by atoms with E-state index in [0.717, 1.165) is 27.0 Å². The second kappa shape index (κ2) is 6.80. The van der Waals surface area contributed by atoms with Gasteiger partial charge in [0.15, 0.2) is 4.80 Å². The molecule has 1 aromatic carbocycles. The van der Waals surface area contributed by atoms with Crippen LogP contribution in [0.5, 0.6) is 0 Å². The SMILES string of the molecule is CSCCn1c(=NC(=O)c2ccno2)sc2cc(Br)ccc21. The van der Waals surface area contributed by atoms with Crippen molar-refractivity contribution in [3.05, 3.63) is 45.5 Å². The van der Waals surface area contributed by atoms with Crippen LogP contribution in [0.2, 0.25) is 0 Å². The van der Waals surface area contributed by atoms with Gasteiger partial charge in [-0.1, -0.05) is 32.4 Å². The first kappa shape index (κ1) is 15.5. The van der Waals surface area contributed by atoms with E-state index < -0.39 is 5.91 Å². The number of rotatable bonds is 4. The van der Waals surface area contributed by atoms with Gasteiger partial charge in [0.2, 0.25) is 5.76 Å². The monoisotopic (exact) mass is 397 g/mol. The first-order chi connectivity index (χ1) is 10.7. The molecule has 0 spiro atoms. The Morgan fingerprint density at radius 2 is 2.36 bits per heavy atom. The number of nitrogens with zero attached hydrogens (tertiary/aromatic N) is 3. The maximum Gasteiger partial charge on any atom is 0.318 e. The van der Waals surface area contributed by atoms with Crippen molar-refractivity contribution >= 4 is 55.2 Å². The predicted molar refractivity (Wildman–Crippen MR) is 92.3 cm³/mol. The molecule has 0 saturated heterocycles. The number of thioether (sulfide) groups is 1. The third kappa shape index (κ3) is 3.18. The summed E-state index contributed by atoms with van der Waals surface area (Å²) in [6.45, 7) is 0.797. The lowest BCUT2D eigenvalue weighted by atomic mass is 10.3. The van der Waals surface area contributed by atoms with Crippen LogP contribution in [0.4, 0.5) is 0 Å². The van der Waals surface area contributed by atoms with E-state index in [1.54, 1.807) is 11.8 Å². The van der Waals surface area contributed by atoms with E-state index >= 15 is 0 Å². The Morgan fingerprint density at radius 3 is 3.09 bits per heavy atom. The fourth-order valence-electron chi connectivity index (χ4n) is 2.00. The van der Waals surface area contributed by atoms with E-state index in [9.17, 15) is 4.79 Å². The maximum atomic E-state index is 12.1. The van der Waals surface area contributed by atoms with Gasteiger partial charge in [-0.05, 0) is 24.5 Å². The molecule has 0 aliphatic heterocycles. The highest BCUT2D eigenvalue weighted by atomic mass is 79.9. The molecular formula is C14H12BrN3O2S2. The first-order valence-corrected chi connectivity index (χ1v) is 9.47. The van der Waals surface area contributed by atoms with Crippen molar-refractivity contribution in [1.82, 2.24) is 9.72 Å². The number of benzene rings is 1. The molecule has 5 nitrogen and oxygen atoms in total. The molecule has 0 atom stereocenters. The zero-order chi connectivity index (χ0) is 15.5. The Bertz CT molecular complexity index is 868. The van der Waals surface area contributed by atoms with Crippen LogP contribution in [-0.4, -0.2) is 27.6 Å². The quantitative estimate of drug-likeness (QED) is 0.674. The van der Waals surface area contributed by atoms with Crippen LogP contribution in [-0.2, 0) is 6.54 Å². The molecule has 1 amide bonds. The Morgan fingerprint density at radius 1 is 1.50 bits per heavy atom. The van der Waals surface area contributed by atoms with E-state index in [2.05, 4.69) is 36.9 Å². The van der Waals surface area contributed by atoms with Crippen molar-refractivity contribution in [1.29, 1.82) is 0 Å². The lowest BCUT2D eigenvalue weighted by Crippen LogP contribution is -2.18. The van der Waals surface area contributed by atoms with Crippen molar-refractivity contribution in [2.75, 3.05) is 12.0 Å². The van der Waals surface area contributed by atoms with Crippen molar-refractivity contribution in [3.8, 4) is 0 Å². The highest BCUT2D eigenvalue weighted by molar-refractivity contribution is 9.10. The Labute approximate surface area is 143 Å². The van der Waals surface area contributed by atoms with Crippen molar-refractivity contribution < 1.29 is 9.32 Å².